The number of thiophene rings is 1. The first-order valence-electron chi connectivity index (χ1n) is 9.04. The first-order chi connectivity index (χ1) is 13.2. The molecule has 1 aliphatic heterocycles. The monoisotopic (exact) mass is 379 g/mol. The highest BCUT2D eigenvalue weighted by molar-refractivity contribution is 7.12. The van der Waals surface area contributed by atoms with Crippen molar-refractivity contribution in [3.8, 4) is 0 Å². The molecule has 0 spiro atoms. The molecule has 1 fully saturated rings. The molecule has 5 nitrogen and oxygen atoms in total. The van der Waals surface area contributed by atoms with E-state index in [1.165, 1.54) is 11.3 Å². The number of nitrogens with one attached hydrogen (secondary N) is 1. The first kappa shape index (κ1) is 17.5. The van der Waals surface area contributed by atoms with Crippen molar-refractivity contribution in [2.24, 2.45) is 0 Å². The molecule has 1 aliphatic rings. The van der Waals surface area contributed by atoms with E-state index in [2.05, 4.69) is 23.5 Å². The average molecular weight is 379 g/mol. The van der Waals surface area contributed by atoms with Crippen molar-refractivity contribution in [2.75, 3.05) is 38.0 Å². The van der Waals surface area contributed by atoms with E-state index in [-0.39, 0.29) is 18.4 Å². The van der Waals surface area contributed by atoms with E-state index >= 15 is 0 Å². The van der Waals surface area contributed by atoms with Crippen molar-refractivity contribution < 1.29 is 9.59 Å². The van der Waals surface area contributed by atoms with Gasteiger partial charge in [-0.05, 0) is 22.9 Å². The molecule has 1 N–H and O–H groups in total. The Morgan fingerprint density at radius 3 is 2.41 bits per heavy atom. The molecular formula is C21H21N3O2S. The van der Waals surface area contributed by atoms with Crippen molar-refractivity contribution in [2.45, 2.75) is 0 Å². The summed E-state index contributed by atoms with van der Waals surface area (Å²) in [7, 11) is 0. The summed E-state index contributed by atoms with van der Waals surface area (Å²) in [6.07, 6.45) is 0. The SMILES string of the molecule is O=C(CNc1cccc2ccccc12)N1CCN(C(=O)c2cccs2)CC1. The molecular weight excluding hydrogens is 358 g/mol. The molecule has 0 unspecified atom stereocenters. The molecule has 138 valence electrons. The summed E-state index contributed by atoms with van der Waals surface area (Å²) in [6.45, 7) is 2.57. The molecule has 3 aromatic rings. The second-order valence-corrected chi connectivity index (χ2v) is 7.48. The largest absolute Gasteiger partial charge is 0.376 e. The van der Waals surface area contributed by atoms with Crippen LogP contribution in [-0.4, -0.2) is 54.3 Å². The fourth-order valence-corrected chi connectivity index (χ4v) is 4.07. The summed E-state index contributed by atoms with van der Waals surface area (Å²) in [4.78, 5) is 29.4. The molecule has 0 saturated carbocycles. The third-order valence-corrected chi connectivity index (χ3v) is 5.73. The topological polar surface area (TPSA) is 52.7 Å². The Labute approximate surface area is 162 Å². The van der Waals surface area contributed by atoms with Gasteiger partial charge >= 0.3 is 0 Å². The van der Waals surface area contributed by atoms with Gasteiger partial charge in [0, 0.05) is 37.3 Å². The molecule has 1 saturated heterocycles. The predicted octanol–water partition coefficient (Wildman–Crippen LogP) is 3.30. The summed E-state index contributed by atoms with van der Waals surface area (Å²) in [5.74, 6) is 0.122. The lowest BCUT2D eigenvalue weighted by molar-refractivity contribution is -0.130. The van der Waals surface area contributed by atoms with E-state index in [9.17, 15) is 9.59 Å². The zero-order valence-electron chi connectivity index (χ0n) is 14.9. The summed E-state index contributed by atoms with van der Waals surface area (Å²) in [5.41, 5.74) is 0.966. The predicted molar refractivity (Wildman–Crippen MR) is 109 cm³/mol. The van der Waals surface area contributed by atoms with Gasteiger partial charge in [-0.2, -0.15) is 0 Å². The van der Waals surface area contributed by atoms with Gasteiger partial charge in [-0.1, -0.05) is 42.5 Å². The molecule has 0 aliphatic carbocycles. The number of hydrogen-bond donors (Lipinski definition) is 1. The smallest absolute Gasteiger partial charge is 0.264 e. The molecule has 27 heavy (non-hydrogen) atoms. The summed E-state index contributed by atoms with van der Waals surface area (Å²) in [5, 5.41) is 7.44. The molecule has 6 heteroatoms. The molecule has 2 aromatic carbocycles. The molecule has 0 bridgehead atoms. The van der Waals surface area contributed by atoms with Gasteiger partial charge in [0.2, 0.25) is 5.91 Å². The number of fused-ring (bicyclic) bond motifs is 1. The summed E-state index contributed by atoms with van der Waals surface area (Å²) < 4.78 is 0. The number of benzene rings is 2. The van der Waals surface area contributed by atoms with E-state index in [4.69, 9.17) is 0 Å². The number of carbonyl (C=O) groups is 2. The van der Waals surface area contributed by atoms with Crippen molar-refractivity contribution in [1.29, 1.82) is 0 Å². The normalized spacial score (nSPS) is 14.4. The maximum Gasteiger partial charge on any atom is 0.264 e. The van der Waals surface area contributed by atoms with Gasteiger partial charge in [0.1, 0.15) is 0 Å². The number of rotatable bonds is 4. The van der Waals surface area contributed by atoms with Gasteiger partial charge in [-0.25, -0.2) is 0 Å². The Bertz CT molecular complexity index is 942. The molecule has 4 rings (SSSR count). The van der Waals surface area contributed by atoms with Crippen LogP contribution in [0.5, 0.6) is 0 Å². The third kappa shape index (κ3) is 3.80. The van der Waals surface area contributed by atoms with Crippen LogP contribution in [0.1, 0.15) is 9.67 Å². The molecule has 2 heterocycles. The Morgan fingerprint density at radius 1 is 0.889 bits per heavy atom. The van der Waals surface area contributed by atoms with Crippen molar-refractivity contribution >= 4 is 39.6 Å². The molecule has 1 aromatic heterocycles. The second kappa shape index (κ2) is 7.80. The second-order valence-electron chi connectivity index (χ2n) is 6.53. The van der Waals surface area contributed by atoms with Crippen LogP contribution in [0.15, 0.2) is 60.0 Å². The molecule has 2 amide bonds. The van der Waals surface area contributed by atoms with Crippen LogP contribution in [0.2, 0.25) is 0 Å². The van der Waals surface area contributed by atoms with Gasteiger partial charge in [0.05, 0.1) is 11.4 Å². The van der Waals surface area contributed by atoms with E-state index in [1.807, 2.05) is 51.6 Å². The Balaban J connectivity index is 1.33. The van der Waals surface area contributed by atoms with E-state index in [0.29, 0.717) is 26.2 Å². The number of piperazine rings is 1. The van der Waals surface area contributed by atoms with E-state index in [1.54, 1.807) is 0 Å². The van der Waals surface area contributed by atoms with Crippen LogP contribution in [0.25, 0.3) is 10.8 Å². The van der Waals surface area contributed by atoms with Crippen LogP contribution in [0, 0.1) is 0 Å². The zero-order chi connectivity index (χ0) is 18.6. The number of carbonyl (C=O) groups excluding carboxylic acids is 2. The van der Waals surface area contributed by atoms with E-state index in [0.717, 1.165) is 21.3 Å². The highest BCUT2D eigenvalue weighted by Gasteiger charge is 2.25. The maximum atomic E-state index is 12.6. The fourth-order valence-electron chi connectivity index (χ4n) is 3.38. The number of nitrogens with zero attached hydrogens (tertiary/aromatic N) is 2. The minimum Gasteiger partial charge on any atom is -0.376 e. The van der Waals surface area contributed by atoms with Gasteiger partial charge in [0.25, 0.3) is 5.91 Å². The van der Waals surface area contributed by atoms with Crippen molar-refractivity contribution in [3.63, 3.8) is 0 Å². The van der Waals surface area contributed by atoms with Crippen LogP contribution in [-0.2, 0) is 4.79 Å². The van der Waals surface area contributed by atoms with Gasteiger partial charge in [-0.15, -0.1) is 11.3 Å². The van der Waals surface area contributed by atoms with Gasteiger partial charge < -0.3 is 15.1 Å². The van der Waals surface area contributed by atoms with Crippen LogP contribution < -0.4 is 5.32 Å². The zero-order valence-corrected chi connectivity index (χ0v) is 15.7. The third-order valence-electron chi connectivity index (χ3n) is 4.87. The standard InChI is InChI=1S/C21H21N3O2S/c25-20(15-22-18-8-3-6-16-5-1-2-7-17(16)18)23-10-12-24(13-11-23)21(26)19-9-4-14-27-19/h1-9,14,22H,10-13,15H2. The number of hydrogen-bond acceptors (Lipinski definition) is 4. The summed E-state index contributed by atoms with van der Waals surface area (Å²) in [6, 6.07) is 17.9. The minimum atomic E-state index is 0.0611. The number of anilines is 1. The Kier molecular flexibility index (Phi) is 5.07. The van der Waals surface area contributed by atoms with Crippen LogP contribution in [0.3, 0.4) is 0 Å². The van der Waals surface area contributed by atoms with Crippen LogP contribution in [0.4, 0.5) is 5.69 Å². The molecule has 0 radical (unpaired) electrons. The first-order valence-corrected chi connectivity index (χ1v) is 9.92. The average Bonchev–Trinajstić information content (AvgIpc) is 3.26. The maximum absolute atomic E-state index is 12.6. The lowest BCUT2D eigenvalue weighted by atomic mass is 10.1. The van der Waals surface area contributed by atoms with Crippen molar-refractivity contribution in [3.05, 3.63) is 64.9 Å². The lowest BCUT2D eigenvalue weighted by Gasteiger charge is -2.34. The van der Waals surface area contributed by atoms with Gasteiger partial charge in [-0.3, -0.25) is 9.59 Å². The molecule has 0 atom stereocenters. The van der Waals surface area contributed by atoms with Crippen LogP contribution >= 0.6 is 11.3 Å². The number of amides is 2. The van der Waals surface area contributed by atoms with Gasteiger partial charge in [0.15, 0.2) is 0 Å². The lowest BCUT2D eigenvalue weighted by Crippen LogP contribution is -2.51. The minimum absolute atomic E-state index is 0.0611. The fraction of sp³-hybridized carbons (Fsp3) is 0.238. The highest BCUT2D eigenvalue weighted by Crippen LogP contribution is 2.22. The van der Waals surface area contributed by atoms with E-state index < -0.39 is 0 Å². The Hall–Kier alpha value is -2.86. The quantitative estimate of drug-likeness (QED) is 0.757. The summed E-state index contributed by atoms with van der Waals surface area (Å²) >= 11 is 1.46. The Morgan fingerprint density at radius 2 is 1.63 bits per heavy atom. The van der Waals surface area contributed by atoms with Crippen molar-refractivity contribution in [1.82, 2.24) is 9.80 Å². The highest BCUT2D eigenvalue weighted by atomic mass is 32.1.